The molecule has 96 valence electrons. The van der Waals surface area contributed by atoms with E-state index in [0.29, 0.717) is 5.56 Å². The minimum atomic E-state index is -1.43. The maximum atomic E-state index is 11.5. The molecule has 0 N–H and O–H groups in total. The minimum absolute atomic E-state index is 0.139. The molecule has 0 bridgehead atoms. The van der Waals surface area contributed by atoms with E-state index < -0.39 is 11.9 Å². The molecule has 19 heavy (non-hydrogen) atoms. The van der Waals surface area contributed by atoms with Crippen molar-refractivity contribution in [1.82, 2.24) is 0 Å². The Morgan fingerprint density at radius 1 is 1.16 bits per heavy atom. The summed E-state index contributed by atoms with van der Waals surface area (Å²) >= 11 is 0. The molecule has 0 atom stereocenters. The van der Waals surface area contributed by atoms with Crippen LogP contribution in [0.4, 0.5) is 0 Å². The number of rotatable bonds is 4. The summed E-state index contributed by atoms with van der Waals surface area (Å²) in [4.78, 5) is 26.5. The molecular formula is C13H8NO5-. The predicted octanol–water partition coefficient (Wildman–Crippen LogP) is 0.834. The second-order valence-corrected chi connectivity index (χ2v) is 3.47. The number of oxime groups is 1. The number of carboxylic acids is 1. The van der Waals surface area contributed by atoms with Crippen molar-refractivity contribution in [1.29, 1.82) is 0 Å². The van der Waals surface area contributed by atoms with Crippen molar-refractivity contribution in [2.24, 2.45) is 5.16 Å². The van der Waals surface area contributed by atoms with Gasteiger partial charge in [0.25, 0.3) is 0 Å². The highest BCUT2D eigenvalue weighted by molar-refractivity contribution is 5.90. The van der Waals surface area contributed by atoms with Crippen molar-refractivity contribution < 1.29 is 24.0 Å². The highest BCUT2D eigenvalue weighted by Crippen LogP contribution is 2.05. The summed E-state index contributed by atoms with van der Waals surface area (Å²) in [5.41, 5.74) is 0.356. The molecule has 0 aliphatic carbocycles. The summed E-state index contributed by atoms with van der Waals surface area (Å²) in [6, 6.07) is 10.9. The van der Waals surface area contributed by atoms with Crippen LogP contribution in [0, 0.1) is 0 Å². The molecule has 1 heterocycles. The van der Waals surface area contributed by atoms with Crippen LogP contribution in [0.15, 0.2) is 52.0 Å². The van der Waals surface area contributed by atoms with Crippen LogP contribution in [0.5, 0.6) is 0 Å². The van der Waals surface area contributed by atoms with Gasteiger partial charge in [-0.05, 0) is 24.3 Å². The van der Waals surface area contributed by atoms with Crippen molar-refractivity contribution in [3.63, 3.8) is 0 Å². The Kier molecular flexibility index (Phi) is 3.72. The maximum absolute atomic E-state index is 11.5. The summed E-state index contributed by atoms with van der Waals surface area (Å²) in [6.07, 6.45) is 1.09. The summed E-state index contributed by atoms with van der Waals surface area (Å²) in [5.74, 6) is -2.24. The average molecular weight is 258 g/mol. The first-order valence-corrected chi connectivity index (χ1v) is 5.28. The summed E-state index contributed by atoms with van der Waals surface area (Å²) in [5, 5.41) is 13.9. The van der Waals surface area contributed by atoms with E-state index >= 15 is 0 Å². The smallest absolute Gasteiger partial charge is 0.365 e. The molecule has 0 fully saturated rings. The third kappa shape index (κ3) is 3.29. The van der Waals surface area contributed by atoms with Gasteiger partial charge in [-0.15, -0.1) is 0 Å². The van der Waals surface area contributed by atoms with Crippen molar-refractivity contribution in [3.8, 4) is 0 Å². The highest BCUT2D eigenvalue weighted by Gasteiger charge is 2.05. The molecule has 0 aliphatic heterocycles. The van der Waals surface area contributed by atoms with E-state index in [4.69, 9.17) is 4.42 Å². The Morgan fingerprint density at radius 3 is 2.53 bits per heavy atom. The predicted molar refractivity (Wildman–Crippen MR) is 62.5 cm³/mol. The number of carbonyl (C=O) groups is 2. The van der Waals surface area contributed by atoms with Gasteiger partial charge in [0.1, 0.15) is 23.7 Å². The third-order valence-electron chi connectivity index (χ3n) is 2.15. The molecule has 0 spiro atoms. The molecule has 6 heteroatoms. The molecule has 2 aromatic rings. The standard InChI is InChI=1S/C13H9NO5/c15-12(16)11-7-6-10(18-11)8-14-19-13(17)9-4-2-1-3-5-9/h1-8H,(H,15,16)/p-1/b14-8+. The number of aromatic carboxylic acids is 1. The maximum Gasteiger partial charge on any atom is 0.365 e. The number of carbonyl (C=O) groups excluding carboxylic acids is 2. The lowest BCUT2D eigenvalue weighted by Gasteiger charge is -1.96. The number of nitrogens with zero attached hydrogens (tertiary/aromatic N) is 1. The monoisotopic (exact) mass is 258 g/mol. The van der Waals surface area contributed by atoms with Crippen LogP contribution in [0.2, 0.25) is 0 Å². The quantitative estimate of drug-likeness (QED) is 0.460. The SMILES string of the molecule is O=C(O/N=C/c1ccc(C(=O)[O-])o1)c1ccccc1. The second kappa shape index (κ2) is 5.63. The summed E-state index contributed by atoms with van der Waals surface area (Å²) in [6.45, 7) is 0. The van der Waals surface area contributed by atoms with Gasteiger partial charge in [-0.1, -0.05) is 23.4 Å². The molecule has 0 saturated heterocycles. The van der Waals surface area contributed by atoms with Crippen LogP contribution in [-0.4, -0.2) is 18.2 Å². The molecule has 1 aromatic heterocycles. The first kappa shape index (κ1) is 12.6. The van der Waals surface area contributed by atoms with E-state index in [1.54, 1.807) is 30.3 Å². The fourth-order valence-electron chi connectivity index (χ4n) is 1.29. The van der Waals surface area contributed by atoms with E-state index in [0.717, 1.165) is 6.21 Å². The lowest BCUT2D eigenvalue weighted by atomic mass is 10.2. The lowest BCUT2D eigenvalue weighted by molar-refractivity contribution is -0.257. The fraction of sp³-hybridized carbons (Fsp3) is 0. The zero-order chi connectivity index (χ0) is 13.7. The van der Waals surface area contributed by atoms with Gasteiger partial charge in [-0.2, -0.15) is 0 Å². The number of carboxylic acid groups (broad SMARTS) is 1. The molecule has 1 aromatic carbocycles. The lowest BCUT2D eigenvalue weighted by Crippen LogP contribution is -2.21. The number of benzene rings is 1. The van der Waals surface area contributed by atoms with E-state index in [2.05, 4.69) is 9.99 Å². The Balaban J connectivity index is 1.96. The van der Waals surface area contributed by atoms with Crippen LogP contribution >= 0.6 is 0 Å². The normalized spacial score (nSPS) is 10.5. The van der Waals surface area contributed by atoms with E-state index in [-0.39, 0.29) is 11.5 Å². The largest absolute Gasteiger partial charge is 0.542 e. The van der Waals surface area contributed by atoms with Gasteiger partial charge in [-0.3, -0.25) is 0 Å². The van der Waals surface area contributed by atoms with Gasteiger partial charge in [0, 0.05) is 0 Å². The molecule has 0 saturated carbocycles. The average Bonchev–Trinajstić information content (AvgIpc) is 2.89. The molecular weight excluding hydrogens is 250 g/mol. The van der Waals surface area contributed by atoms with Crippen molar-refractivity contribution in [3.05, 3.63) is 59.5 Å². The van der Waals surface area contributed by atoms with Gasteiger partial charge in [-0.25, -0.2) is 4.79 Å². The molecule has 6 nitrogen and oxygen atoms in total. The Bertz CT molecular complexity index is 615. The van der Waals surface area contributed by atoms with E-state index in [1.807, 2.05) is 0 Å². The van der Waals surface area contributed by atoms with Crippen LogP contribution in [0.3, 0.4) is 0 Å². The van der Waals surface area contributed by atoms with Gasteiger partial charge in [0.2, 0.25) is 0 Å². The molecule has 0 aliphatic rings. The van der Waals surface area contributed by atoms with E-state index in [9.17, 15) is 14.7 Å². The first-order valence-electron chi connectivity index (χ1n) is 5.28. The summed E-state index contributed by atoms with van der Waals surface area (Å²) in [7, 11) is 0. The number of hydrogen-bond donors (Lipinski definition) is 0. The van der Waals surface area contributed by atoms with Gasteiger partial charge in [0.15, 0.2) is 0 Å². The fourth-order valence-corrected chi connectivity index (χ4v) is 1.29. The number of hydrogen-bond acceptors (Lipinski definition) is 6. The van der Waals surface area contributed by atoms with Crippen LogP contribution < -0.4 is 5.11 Å². The highest BCUT2D eigenvalue weighted by atomic mass is 16.7. The second-order valence-electron chi connectivity index (χ2n) is 3.47. The Labute approximate surface area is 107 Å². The van der Waals surface area contributed by atoms with Gasteiger partial charge >= 0.3 is 5.97 Å². The van der Waals surface area contributed by atoms with Crippen molar-refractivity contribution in [2.45, 2.75) is 0 Å². The van der Waals surface area contributed by atoms with Crippen LogP contribution in [-0.2, 0) is 4.84 Å². The zero-order valence-corrected chi connectivity index (χ0v) is 9.61. The van der Waals surface area contributed by atoms with Gasteiger partial charge < -0.3 is 19.2 Å². The third-order valence-corrected chi connectivity index (χ3v) is 2.15. The van der Waals surface area contributed by atoms with Crippen molar-refractivity contribution >= 4 is 18.2 Å². The van der Waals surface area contributed by atoms with E-state index in [1.165, 1.54) is 12.1 Å². The molecule has 0 unspecified atom stereocenters. The zero-order valence-electron chi connectivity index (χ0n) is 9.61. The summed E-state index contributed by atoms with van der Waals surface area (Å²) < 4.78 is 4.83. The number of furan rings is 1. The van der Waals surface area contributed by atoms with Crippen molar-refractivity contribution in [2.75, 3.05) is 0 Å². The Morgan fingerprint density at radius 2 is 1.89 bits per heavy atom. The Hall–Kier alpha value is -2.89. The topological polar surface area (TPSA) is 91.9 Å². The van der Waals surface area contributed by atoms with Gasteiger partial charge in [0.05, 0.1) is 5.56 Å². The minimum Gasteiger partial charge on any atom is -0.542 e. The van der Waals surface area contributed by atoms with Crippen LogP contribution in [0.25, 0.3) is 0 Å². The molecule has 0 amide bonds. The molecule has 2 rings (SSSR count). The first-order chi connectivity index (χ1) is 9.16. The molecule has 0 radical (unpaired) electrons. The van der Waals surface area contributed by atoms with Crippen LogP contribution in [0.1, 0.15) is 26.7 Å².